The number of halogens is 3. The quantitative estimate of drug-likeness (QED) is 0.866. The van der Waals surface area contributed by atoms with Crippen molar-refractivity contribution in [3.8, 4) is 0 Å². The fraction of sp³-hybridized carbons (Fsp3) is 0.0769. The first-order chi connectivity index (χ1) is 8.08. The van der Waals surface area contributed by atoms with Gasteiger partial charge in [0, 0.05) is 5.02 Å². The van der Waals surface area contributed by atoms with Crippen LogP contribution >= 0.6 is 11.6 Å². The standard InChI is InChI=1S/C13H9ClF2O/c14-10-4-1-8(2-5-10)13(17)9-3-6-11(15)12(16)7-9/h1-7,13,17H/t13-/m0/s1. The number of benzene rings is 2. The van der Waals surface area contributed by atoms with E-state index >= 15 is 0 Å². The summed E-state index contributed by atoms with van der Waals surface area (Å²) in [5, 5.41) is 10.5. The normalized spacial score (nSPS) is 12.5. The highest BCUT2D eigenvalue weighted by Gasteiger charge is 2.12. The summed E-state index contributed by atoms with van der Waals surface area (Å²) >= 11 is 5.72. The summed E-state index contributed by atoms with van der Waals surface area (Å²) in [6.45, 7) is 0. The second-order valence-corrected chi connectivity index (χ2v) is 4.06. The molecule has 0 aliphatic heterocycles. The molecule has 88 valence electrons. The highest BCUT2D eigenvalue weighted by Crippen LogP contribution is 2.24. The molecule has 4 heteroatoms. The maximum absolute atomic E-state index is 13.0. The summed E-state index contributed by atoms with van der Waals surface area (Å²) in [5.74, 6) is -1.91. The summed E-state index contributed by atoms with van der Waals surface area (Å²) < 4.78 is 25.8. The molecule has 0 spiro atoms. The molecule has 1 N–H and O–H groups in total. The monoisotopic (exact) mass is 254 g/mol. The molecule has 2 aromatic rings. The number of aliphatic hydroxyl groups excluding tert-OH is 1. The Bertz CT molecular complexity index is 525. The van der Waals surface area contributed by atoms with Crippen LogP contribution in [0.25, 0.3) is 0 Å². The Balaban J connectivity index is 2.33. The lowest BCUT2D eigenvalue weighted by molar-refractivity contribution is 0.219. The van der Waals surface area contributed by atoms with E-state index in [4.69, 9.17) is 11.6 Å². The van der Waals surface area contributed by atoms with Crippen molar-refractivity contribution in [1.82, 2.24) is 0 Å². The van der Waals surface area contributed by atoms with Crippen molar-refractivity contribution in [3.63, 3.8) is 0 Å². The molecule has 1 nitrogen and oxygen atoms in total. The number of hydrogen-bond acceptors (Lipinski definition) is 1. The zero-order valence-electron chi connectivity index (χ0n) is 8.70. The average Bonchev–Trinajstić information content (AvgIpc) is 2.33. The predicted molar refractivity (Wildman–Crippen MR) is 61.9 cm³/mol. The van der Waals surface area contributed by atoms with E-state index < -0.39 is 17.7 Å². The van der Waals surface area contributed by atoms with Crippen molar-refractivity contribution in [3.05, 3.63) is 70.2 Å². The van der Waals surface area contributed by atoms with Gasteiger partial charge in [-0.05, 0) is 35.4 Å². The van der Waals surface area contributed by atoms with Crippen LogP contribution < -0.4 is 0 Å². The Morgan fingerprint density at radius 3 is 2.06 bits per heavy atom. The van der Waals surface area contributed by atoms with Crippen LogP contribution in [-0.4, -0.2) is 5.11 Å². The molecule has 0 fully saturated rings. The van der Waals surface area contributed by atoms with Crippen LogP contribution in [0, 0.1) is 11.6 Å². The van der Waals surface area contributed by atoms with Crippen LogP contribution in [0.4, 0.5) is 8.78 Å². The van der Waals surface area contributed by atoms with Crippen LogP contribution in [0.2, 0.25) is 5.02 Å². The number of hydrogen-bond donors (Lipinski definition) is 1. The van der Waals surface area contributed by atoms with Gasteiger partial charge >= 0.3 is 0 Å². The second-order valence-electron chi connectivity index (χ2n) is 3.63. The molecule has 0 unspecified atom stereocenters. The van der Waals surface area contributed by atoms with Gasteiger partial charge in [-0.15, -0.1) is 0 Å². The molecular formula is C13H9ClF2O. The van der Waals surface area contributed by atoms with Crippen molar-refractivity contribution in [2.45, 2.75) is 6.10 Å². The van der Waals surface area contributed by atoms with Crippen LogP contribution in [-0.2, 0) is 0 Å². The zero-order chi connectivity index (χ0) is 12.4. The fourth-order valence-electron chi connectivity index (χ4n) is 1.52. The first kappa shape index (κ1) is 12.0. The summed E-state index contributed by atoms with van der Waals surface area (Å²) in [4.78, 5) is 0. The first-order valence-corrected chi connectivity index (χ1v) is 5.34. The molecule has 0 aliphatic carbocycles. The van der Waals surface area contributed by atoms with Gasteiger partial charge in [0.15, 0.2) is 11.6 Å². The maximum atomic E-state index is 13.0. The third-order valence-corrected chi connectivity index (χ3v) is 2.70. The SMILES string of the molecule is O[C@@H](c1ccc(Cl)cc1)c1ccc(F)c(F)c1. The molecule has 2 rings (SSSR count). The molecule has 0 saturated heterocycles. The molecule has 0 aliphatic rings. The zero-order valence-corrected chi connectivity index (χ0v) is 9.46. The smallest absolute Gasteiger partial charge is 0.159 e. The van der Waals surface area contributed by atoms with Crippen LogP contribution in [0.1, 0.15) is 17.2 Å². The third-order valence-electron chi connectivity index (χ3n) is 2.45. The summed E-state index contributed by atoms with van der Waals surface area (Å²) in [6, 6.07) is 9.83. The molecule has 0 saturated carbocycles. The van der Waals surface area contributed by atoms with Gasteiger partial charge in [0.05, 0.1) is 0 Å². The van der Waals surface area contributed by atoms with E-state index in [0.717, 1.165) is 12.1 Å². The molecule has 0 radical (unpaired) electrons. The van der Waals surface area contributed by atoms with E-state index in [1.807, 2.05) is 0 Å². The Morgan fingerprint density at radius 1 is 0.882 bits per heavy atom. The van der Waals surface area contributed by atoms with Crippen molar-refractivity contribution in [1.29, 1.82) is 0 Å². The Kier molecular flexibility index (Phi) is 3.41. The molecule has 0 aromatic heterocycles. The minimum Gasteiger partial charge on any atom is -0.384 e. The molecule has 0 bridgehead atoms. The van der Waals surface area contributed by atoms with Gasteiger partial charge in [-0.25, -0.2) is 8.78 Å². The van der Waals surface area contributed by atoms with Crippen molar-refractivity contribution >= 4 is 11.6 Å². The Labute approximate surface area is 102 Å². The van der Waals surface area contributed by atoms with Gasteiger partial charge < -0.3 is 5.11 Å². The second kappa shape index (κ2) is 4.82. The highest BCUT2D eigenvalue weighted by molar-refractivity contribution is 6.30. The maximum Gasteiger partial charge on any atom is 0.159 e. The fourth-order valence-corrected chi connectivity index (χ4v) is 1.65. The van der Waals surface area contributed by atoms with Crippen molar-refractivity contribution < 1.29 is 13.9 Å². The summed E-state index contributed by atoms with van der Waals surface area (Å²) in [7, 11) is 0. The molecule has 0 heterocycles. The lowest BCUT2D eigenvalue weighted by Gasteiger charge is -2.11. The van der Waals surface area contributed by atoms with Crippen molar-refractivity contribution in [2.24, 2.45) is 0 Å². The van der Waals surface area contributed by atoms with Crippen molar-refractivity contribution in [2.75, 3.05) is 0 Å². The van der Waals surface area contributed by atoms with E-state index in [1.54, 1.807) is 24.3 Å². The topological polar surface area (TPSA) is 20.2 Å². The van der Waals surface area contributed by atoms with Gasteiger partial charge in [0.2, 0.25) is 0 Å². The minimum atomic E-state index is -0.998. The molecule has 1 atom stereocenters. The molecule has 17 heavy (non-hydrogen) atoms. The number of aliphatic hydroxyl groups is 1. The first-order valence-electron chi connectivity index (χ1n) is 4.96. The third kappa shape index (κ3) is 2.62. The van der Waals surface area contributed by atoms with Gasteiger partial charge in [0.1, 0.15) is 6.10 Å². The lowest BCUT2D eigenvalue weighted by Crippen LogP contribution is -2.00. The molecule has 0 amide bonds. The highest BCUT2D eigenvalue weighted by atomic mass is 35.5. The van der Waals surface area contributed by atoms with Crippen LogP contribution in [0.15, 0.2) is 42.5 Å². The average molecular weight is 255 g/mol. The van der Waals surface area contributed by atoms with E-state index in [-0.39, 0.29) is 0 Å². The minimum absolute atomic E-state index is 0.297. The van der Waals surface area contributed by atoms with Crippen LogP contribution in [0.3, 0.4) is 0 Å². The van der Waals surface area contributed by atoms with E-state index in [9.17, 15) is 13.9 Å². The Morgan fingerprint density at radius 2 is 1.47 bits per heavy atom. The largest absolute Gasteiger partial charge is 0.384 e. The molecule has 2 aromatic carbocycles. The number of rotatable bonds is 2. The van der Waals surface area contributed by atoms with Crippen LogP contribution in [0.5, 0.6) is 0 Å². The summed E-state index contributed by atoms with van der Waals surface area (Å²) in [5.41, 5.74) is 0.867. The lowest BCUT2D eigenvalue weighted by atomic mass is 10.0. The van der Waals surface area contributed by atoms with E-state index in [2.05, 4.69) is 0 Å². The predicted octanol–water partition coefficient (Wildman–Crippen LogP) is 3.70. The molecular weight excluding hydrogens is 246 g/mol. The van der Waals surface area contributed by atoms with Gasteiger partial charge in [-0.2, -0.15) is 0 Å². The summed E-state index contributed by atoms with van der Waals surface area (Å²) in [6.07, 6.45) is -0.998. The van der Waals surface area contributed by atoms with Gasteiger partial charge in [0.25, 0.3) is 0 Å². The Hall–Kier alpha value is -1.45. The van der Waals surface area contributed by atoms with Gasteiger partial charge in [-0.3, -0.25) is 0 Å². The van der Waals surface area contributed by atoms with Gasteiger partial charge in [-0.1, -0.05) is 29.8 Å². The van der Waals surface area contributed by atoms with E-state index in [0.29, 0.717) is 16.1 Å². The van der Waals surface area contributed by atoms with E-state index in [1.165, 1.54) is 6.07 Å².